The van der Waals surface area contributed by atoms with Crippen LogP contribution in [-0.2, 0) is 36.8 Å². The van der Waals surface area contributed by atoms with Crippen LogP contribution >= 0.6 is 0 Å². The lowest BCUT2D eigenvalue weighted by atomic mass is 10.0. The number of carbonyl (C=O) groups excluding carboxylic acids is 3. The lowest BCUT2D eigenvalue weighted by Crippen LogP contribution is -2.57. The minimum Gasteiger partial charge on any atom is -0.508 e. The number of imidazole rings is 1. The van der Waals surface area contributed by atoms with E-state index in [1.165, 1.54) is 36.8 Å². The molecule has 14 nitrogen and oxygen atoms in total. The summed E-state index contributed by atoms with van der Waals surface area (Å²) in [4.78, 5) is 66.6. The number of nitrogens with zero attached hydrogens (tertiary/aromatic N) is 1. The third-order valence-corrected chi connectivity index (χ3v) is 5.04. The van der Waals surface area contributed by atoms with Crippen LogP contribution in [0.2, 0.25) is 0 Å². The van der Waals surface area contributed by atoms with Crippen molar-refractivity contribution in [3.8, 4) is 5.75 Å². The first-order valence-corrected chi connectivity index (χ1v) is 10.9. The minimum atomic E-state index is -1.28. The molecule has 0 aliphatic rings. The summed E-state index contributed by atoms with van der Waals surface area (Å²) in [5.74, 6) is -4.72. The van der Waals surface area contributed by atoms with Crippen LogP contribution in [0.4, 0.5) is 0 Å². The van der Waals surface area contributed by atoms with Gasteiger partial charge in [-0.2, -0.15) is 0 Å². The molecule has 3 atom stereocenters. The number of carboxylic acids is 2. The average Bonchev–Trinajstić information content (AvgIpc) is 3.34. The van der Waals surface area contributed by atoms with Gasteiger partial charge in [0.15, 0.2) is 0 Å². The second-order valence-electron chi connectivity index (χ2n) is 7.92. The zero-order chi connectivity index (χ0) is 26.7. The molecule has 0 saturated heterocycles. The maximum absolute atomic E-state index is 13.2. The van der Waals surface area contributed by atoms with Crippen molar-refractivity contribution in [2.75, 3.05) is 6.54 Å². The van der Waals surface area contributed by atoms with Crippen molar-refractivity contribution in [1.29, 1.82) is 0 Å². The number of nitrogens with one attached hydrogen (secondary N) is 4. The van der Waals surface area contributed by atoms with Crippen molar-refractivity contribution in [3.05, 3.63) is 48.0 Å². The summed E-state index contributed by atoms with van der Waals surface area (Å²) in [5.41, 5.74) is 6.81. The van der Waals surface area contributed by atoms with Crippen LogP contribution in [0.5, 0.6) is 5.75 Å². The van der Waals surface area contributed by atoms with Gasteiger partial charge in [0.2, 0.25) is 17.7 Å². The maximum atomic E-state index is 13.2. The van der Waals surface area contributed by atoms with Gasteiger partial charge in [-0.15, -0.1) is 0 Å². The van der Waals surface area contributed by atoms with Gasteiger partial charge in [-0.05, 0) is 24.1 Å². The van der Waals surface area contributed by atoms with Gasteiger partial charge in [-0.25, -0.2) is 4.98 Å². The SMILES string of the molecule is NC(CCC(=O)O)C(=O)NC(Cc1ccc(O)cc1)C(=O)NC(Cc1cnc[nH]1)C(=O)NCC(=O)O. The van der Waals surface area contributed by atoms with Gasteiger partial charge in [0.05, 0.1) is 12.4 Å². The molecule has 0 aliphatic heterocycles. The molecule has 1 aromatic carbocycles. The molecule has 2 rings (SSSR count). The van der Waals surface area contributed by atoms with E-state index in [1.54, 1.807) is 0 Å². The molecule has 1 heterocycles. The predicted octanol–water partition coefficient (Wildman–Crippen LogP) is -1.74. The molecule has 0 radical (unpaired) electrons. The summed E-state index contributed by atoms with van der Waals surface area (Å²) in [5, 5.41) is 34.4. The lowest BCUT2D eigenvalue weighted by Gasteiger charge is -2.24. The standard InChI is InChI=1S/C22H28N6O8/c23-15(5-6-18(30)31)20(34)27-16(7-12-1-3-14(29)4-2-12)22(36)28-17(8-13-9-24-11-26-13)21(35)25-10-19(32)33/h1-4,9,11,15-17,29H,5-8,10,23H2,(H,24,26)(H,25,35)(H,27,34)(H,28,36)(H,30,31)(H,32,33). The number of aliphatic carboxylic acids is 2. The third kappa shape index (κ3) is 9.42. The highest BCUT2D eigenvalue weighted by atomic mass is 16.4. The maximum Gasteiger partial charge on any atom is 0.322 e. The first-order valence-electron chi connectivity index (χ1n) is 10.9. The third-order valence-electron chi connectivity index (χ3n) is 5.04. The molecule has 1 aromatic heterocycles. The van der Waals surface area contributed by atoms with E-state index in [2.05, 4.69) is 25.9 Å². The predicted molar refractivity (Wildman–Crippen MR) is 123 cm³/mol. The van der Waals surface area contributed by atoms with Gasteiger partial charge < -0.3 is 42.0 Å². The molecule has 0 fully saturated rings. The van der Waals surface area contributed by atoms with Gasteiger partial charge in [0.25, 0.3) is 0 Å². The van der Waals surface area contributed by atoms with Crippen LogP contribution in [0.1, 0.15) is 24.1 Å². The molecule has 0 bridgehead atoms. The highest BCUT2D eigenvalue weighted by Crippen LogP contribution is 2.12. The summed E-state index contributed by atoms with van der Waals surface area (Å²) >= 11 is 0. The van der Waals surface area contributed by atoms with Gasteiger partial charge in [0.1, 0.15) is 24.4 Å². The average molecular weight is 505 g/mol. The van der Waals surface area contributed by atoms with Crippen molar-refractivity contribution >= 4 is 29.7 Å². The number of aromatic hydroxyl groups is 1. The van der Waals surface area contributed by atoms with E-state index in [4.69, 9.17) is 15.9 Å². The molecular formula is C22H28N6O8. The number of carboxylic acid groups (broad SMARTS) is 2. The van der Waals surface area contributed by atoms with E-state index in [0.717, 1.165) is 0 Å². The minimum absolute atomic E-state index is 0.00537. The Kier molecular flexibility index (Phi) is 10.4. The summed E-state index contributed by atoms with van der Waals surface area (Å²) in [6, 6.07) is 2.22. The van der Waals surface area contributed by atoms with Gasteiger partial charge in [0, 0.05) is 31.2 Å². The quantitative estimate of drug-likeness (QED) is 0.144. The number of nitrogens with two attached hydrogens (primary N) is 1. The number of carbonyl (C=O) groups is 5. The molecule has 0 saturated carbocycles. The first-order chi connectivity index (χ1) is 17.0. The fraction of sp³-hybridized carbons (Fsp3) is 0.364. The number of hydrogen-bond acceptors (Lipinski definition) is 8. The van der Waals surface area contributed by atoms with Crippen LogP contribution in [0, 0.1) is 0 Å². The number of H-pyrrole nitrogens is 1. The number of rotatable bonds is 14. The Morgan fingerprint density at radius 1 is 0.917 bits per heavy atom. The van der Waals surface area contributed by atoms with E-state index in [0.29, 0.717) is 11.3 Å². The molecular weight excluding hydrogens is 476 g/mol. The normalized spacial score (nSPS) is 13.1. The van der Waals surface area contributed by atoms with E-state index >= 15 is 0 Å². The Bertz CT molecular complexity index is 1060. The fourth-order valence-corrected chi connectivity index (χ4v) is 3.15. The molecule has 3 amide bonds. The molecule has 194 valence electrons. The monoisotopic (exact) mass is 504 g/mol. The van der Waals surface area contributed by atoms with Crippen LogP contribution in [0.3, 0.4) is 0 Å². The van der Waals surface area contributed by atoms with E-state index < -0.39 is 54.3 Å². The zero-order valence-corrected chi connectivity index (χ0v) is 19.1. The van der Waals surface area contributed by atoms with E-state index in [9.17, 15) is 29.1 Å². The lowest BCUT2D eigenvalue weighted by molar-refractivity contribution is -0.139. The number of hydrogen-bond donors (Lipinski definition) is 8. The van der Waals surface area contributed by atoms with Crippen molar-refractivity contribution in [1.82, 2.24) is 25.9 Å². The second-order valence-corrected chi connectivity index (χ2v) is 7.92. The van der Waals surface area contributed by atoms with Gasteiger partial charge >= 0.3 is 11.9 Å². The summed E-state index contributed by atoms with van der Waals surface area (Å²) in [6.45, 7) is -0.666. The Balaban J connectivity index is 2.21. The smallest absolute Gasteiger partial charge is 0.322 e. The zero-order valence-electron chi connectivity index (χ0n) is 19.1. The Hall–Kier alpha value is -4.46. The Morgan fingerprint density at radius 3 is 2.14 bits per heavy atom. The Labute approximate surface area is 205 Å². The number of phenolic OH excluding ortho intramolecular Hbond substituents is 1. The molecule has 36 heavy (non-hydrogen) atoms. The first kappa shape index (κ1) is 27.8. The Morgan fingerprint density at radius 2 is 1.56 bits per heavy atom. The molecule has 0 aliphatic carbocycles. The van der Waals surface area contributed by atoms with E-state index in [1.807, 2.05) is 0 Å². The van der Waals surface area contributed by atoms with Gasteiger partial charge in [-0.3, -0.25) is 24.0 Å². The molecule has 2 aromatic rings. The number of benzene rings is 1. The fourth-order valence-electron chi connectivity index (χ4n) is 3.15. The number of aromatic amines is 1. The van der Waals surface area contributed by atoms with Crippen LogP contribution in [0.25, 0.3) is 0 Å². The molecule has 14 heteroatoms. The van der Waals surface area contributed by atoms with Crippen LogP contribution in [-0.4, -0.2) is 79.6 Å². The van der Waals surface area contributed by atoms with Crippen molar-refractivity contribution in [2.45, 2.75) is 43.8 Å². The highest BCUT2D eigenvalue weighted by Gasteiger charge is 2.29. The van der Waals surface area contributed by atoms with Crippen molar-refractivity contribution in [3.63, 3.8) is 0 Å². The van der Waals surface area contributed by atoms with Crippen molar-refractivity contribution in [2.24, 2.45) is 5.73 Å². The molecule has 3 unspecified atom stereocenters. The number of aromatic nitrogens is 2. The second kappa shape index (κ2) is 13.4. The molecule has 9 N–H and O–H groups in total. The number of amides is 3. The highest BCUT2D eigenvalue weighted by molar-refractivity contribution is 5.94. The summed E-state index contributed by atoms with van der Waals surface area (Å²) in [7, 11) is 0. The van der Waals surface area contributed by atoms with Gasteiger partial charge in [-0.1, -0.05) is 12.1 Å². The number of phenols is 1. The van der Waals surface area contributed by atoms with Crippen LogP contribution < -0.4 is 21.7 Å². The topological polar surface area (TPSA) is 237 Å². The summed E-state index contributed by atoms with van der Waals surface area (Å²) in [6.07, 6.45) is 2.21. The largest absolute Gasteiger partial charge is 0.508 e. The molecule has 0 spiro atoms. The van der Waals surface area contributed by atoms with Crippen molar-refractivity contribution < 1.29 is 39.3 Å². The van der Waals surface area contributed by atoms with E-state index in [-0.39, 0.29) is 31.4 Å². The summed E-state index contributed by atoms with van der Waals surface area (Å²) < 4.78 is 0. The van der Waals surface area contributed by atoms with Crippen LogP contribution in [0.15, 0.2) is 36.8 Å².